The highest BCUT2D eigenvalue weighted by atomic mass is 16.5. The molecule has 0 bridgehead atoms. The van der Waals surface area contributed by atoms with Crippen molar-refractivity contribution in [2.75, 3.05) is 6.61 Å². The van der Waals surface area contributed by atoms with Crippen molar-refractivity contribution >= 4 is 0 Å². The van der Waals surface area contributed by atoms with Crippen molar-refractivity contribution in [2.45, 2.75) is 31.7 Å². The first-order chi connectivity index (χ1) is 9.74. The molecule has 0 saturated carbocycles. The highest BCUT2D eigenvalue weighted by Crippen LogP contribution is 2.38. The fraction of sp³-hybridized carbons (Fsp3) is 0.353. The summed E-state index contributed by atoms with van der Waals surface area (Å²) in [5, 5.41) is 0. The van der Waals surface area contributed by atoms with Crippen LogP contribution in [0.25, 0.3) is 0 Å². The van der Waals surface area contributed by atoms with E-state index in [1.54, 1.807) is 0 Å². The van der Waals surface area contributed by atoms with E-state index in [-0.39, 0.29) is 6.04 Å². The van der Waals surface area contributed by atoms with E-state index in [0.29, 0.717) is 5.92 Å². The van der Waals surface area contributed by atoms with Crippen molar-refractivity contribution in [3.05, 3.63) is 59.4 Å². The van der Waals surface area contributed by atoms with Gasteiger partial charge in [0.15, 0.2) is 0 Å². The van der Waals surface area contributed by atoms with Crippen molar-refractivity contribution in [1.82, 2.24) is 4.98 Å². The molecule has 1 aliphatic heterocycles. The predicted octanol–water partition coefficient (Wildman–Crippen LogP) is 3.35. The molecular formula is C17H20N2O. The van der Waals surface area contributed by atoms with Gasteiger partial charge >= 0.3 is 0 Å². The molecule has 3 heteroatoms. The van der Waals surface area contributed by atoms with Crippen molar-refractivity contribution in [3.8, 4) is 5.75 Å². The van der Waals surface area contributed by atoms with Gasteiger partial charge in [-0.15, -0.1) is 0 Å². The standard InChI is InChI=1S/C17H20N2O/c1-12-8-14(11-19-10-12)16(18)9-13-6-7-20-17-5-3-2-4-15(13)17/h2-5,8,10-11,13,16H,6-7,9,18H2,1H3. The smallest absolute Gasteiger partial charge is 0.122 e. The van der Waals surface area contributed by atoms with Crippen LogP contribution in [0.1, 0.15) is 41.5 Å². The predicted molar refractivity (Wildman–Crippen MR) is 79.8 cm³/mol. The molecule has 0 spiro atoms. The summed E-state index contributed by atoms with van der Waals surface area (Å²) in [6.45, 7) is 2.83. The first kappa shape index (κ1) is 13.1. The summed E-state index contributed by atoms with van der Waals surface area (Å²) in [4.78, 5) is 4.24. The molecule has 2 unspecified atom stereocenters. The molecule has 1 aromatic carbocycles. The van der Waals surface area contributed by atoms with Crippen molar-refractivity contribution in [1.29, 1.82) is 0 Å². The van der Waals surface area contributed by atoms with Gasteiger partial charge in [-0.25, -0.2) is 0 Å². The maximum atomic E-state index is 6.37. The zero-order chi connectivity index (χ0) is 13.9. The monoisotopic (exact) mass is 268 g/mol. The van der Waals surface area contributed by atoms with E-state index >= 15 is 0 Å². The SMILES string of the molecule is Cc1cncc(C(N)CC2CCOc3ccccc32)c1. The van der Waals surface area contributed by atoms with E-state index in [9.17, 15) is 0 Å². The van der Waals surface area contributed by atoms with E-state index in [0.717, 1.165) is 36.3 Å². The Labute approximate surface area is 119 Å². The Balaban J connectivity index is 1.79. The Morgan fingerprint density at radius 3 is 3.05 bits per heavy atom. The van der Waals surface area contributed by atoms with Gasteiger partial charge in [-0.3, -0.25) is 4.98 Å². The number of pyridine rings is 1. The average molecular weight is 268 g/mol. The molecule has 104 valence electrons. The van der Waals surface area contributed by atoms with Crippen LogP contribution in [0.2, 0.25) is 0 Å². The molecule has 0 amide bonds. The number of fused-ring (bicyclic) bond motifs is 1. The third-order valence-corrected chi connectivity index (χ3v) is 3.95. The summed E-state index contributed by atoms with van der Waals surface area (Å²) in [5.74, 6) is 1.48. The van der Waals surface area contributed by atoms with Crippen LogP contribution in [-0.4, -0.2) is 11.6 Å². The fourth-order valence-electron chi connectivity index (χ4n) is 2.88. The normalized spacial score (nSPS) is 19.0. The van der Waals surface area contributed by atoms with Crippen LogP contribution >= 0.6 is 0 Å². The molecule has 3 nitrogen and oxygen atoms in total. The maximum Gasteiger partial charge on any atom is 0.122 e. The quantitative estimate of drug-likeness (QED) is 0.928. The molecule has 2 aromatic rings. The Hall–Kier alpha value is -1.87. The van der Waals surface area contributed by atoms with Gasteiger partial charge < -0.3 is 10.5 Å². The van der Waals surface area contributed by atoms with Gasteiger partial charge in [-0.05, 0) is 48.4 Å². The lowest BCUT2D eigenvalue weighted by atomic mass is 9.86. The molecule has 2 heterocycles. The van der Waals surface area contributed by atoms with E-state index in [2.05, 4.69) is 23.2 Å². The van der Waals surface area contributed by atoms with Gasteiger partial charge in [0.1, 0.15) is 5.75 Å². The second kappa shape index (κ2) is 5.63. The summed E-state index contributed by atoms with van der Waals surface area (Å²) in [6.07, 6.45) is 5.71. The number of para-hydroxylation sites is 1. The summed E-state index contributed by atoms with van der Waals surface area (Å²) in [7, 11) is 0. The highest BCUT2D eigenvalue weighted by Gasteiger charge is 2.23. The van der Waals surface area contributed by atoms with E-state index in [1.807, 2.05) is 31.5 Å². The van der Waals surface area contributed by atoms with Crippen LogP contribution < -0.4 is 10.5 Å². The number of hydrogen-bond acceptors (Lipinski definition) is 3. The summed E-state index contributed by atoms with van der Waals surface area (Å²) in [6, 6.07) is 10.4. The van der Waals surface area contributed by atoms with Crippen LogP contribution in [0.4, 0.5) is 0 Å². The summed E-state index contributed by atoms with van der Waals surface area (Å²) >= 11 is 0. The number of benzene rings is 1. The van der Waals surface area contributed by atoms with Gasteiger partial charge in [0.05, 0.1) is 6.61 Å². The molecule has 0 radical (unpaired) electrons. The lowest BCUT2D eigenvalue weighted by Gasteiger charge is -2.28. The molecule has 0 saturated heterocycles. The Morgan fingerprint density at radius 2 is 2.20 bits per heavy atom. The molecule has 2 atom stereocenters. The van der Waals surface area contributed by atoms with Gasteiger partial charge in [-0.2, -0.15) is 0 Å². The third kappa shape index (κ3) is 2.68. The van der Waals surface area contributed by atoms with Gasteiger partial charge in [-0.1, -0.05) is 24.3 Å². The first-order valence-electron chi connectivity index (χ1n) is 7.13. The molecule has 20 heavy (non-hydrogen) atoms. The molecule has 1 aromatic heterocycles. The molecule has 0 fully saturated rings. The molecule has 3 rings (SSSR count). The second-order valence-electron chi connectivity index (χ2n) is 5.51. The van der Waals surface area contributed by atoms with Crippen LogP contribution in [0, 0.1) is 6.92 Å². The number of hydrogen-bond donors (Lipinski definition) is 1. The minimum absolute atomic E-state index is 0.0264. The molecule has 1 aliphatic rings. The van der Waals surface area contributed by atoms with E-state index in [1.165, 1.54) is 5.56 Å². The van der Waals surface area contributed by atoms with E-state index in [4.69, 9.17) is 10.5 Å². The van der Waals surface area contributed by atoms with Gasteiger partial charge in [0.25, 0.3) is 0 Å². The molecule has 2 N–H and O–H groups in total. The minimum Gasteiger partial charge on any atom is -0.493 e. The minimum atomic E-state index is 0.0264. The summed E-state index contributed by atoms with van der Waals surface area (Å²) in [5.41, 5.74) is 9.94. The van der Waals surface area contributed by atoms with Crippen LogP contribution in [0.15, 0.2) is 42.7 Å². The zero-order valence-electron chi connectivity index (χ0n) is 11.8. The Morgan fingerprint density at radius 1 is 1.35 bits per heavy atom. The molecular weight excluding hydrogens is 248 g/mol. The molecule has 0 aliphatic carbocycles. The van der Waals surface area contributed by atoms with Gasteiger partial charge in [0.2, 0.25) is 0 Å². The van der Waals surface area contributed by atoms with Crippen LogP contribution in [0.3, 0.4) is 0 Å². The number of nitrogens with two attached hydrogens (primary N) is 1. The highest BCUT2D eigenvalue weighted by molar-refractivity contribution is 5.38. The lowest BCUT2D eigenvalue weighted by molar-refractivity contribution is 0.259. The third-order valence-electron chi connectivity index (χ3n) is 3.95. The number of aromatic nitrogens is 1. The zero-order valence-corrected chi connectivity index (χ0v) is 11.8. The van der Waals surface area contributed by atoms with Crippen LogP contribution in [-0.2, 0) is 0 Å². The second-order valence-corrected chi connectivity index (χ2v) is 5.51. The van der Waals surface area contributed by atoms with Crippen LogP contribution in [0.5, 0.6) is 5.75 Å². The van der Waals surface area contributed by atoms with Crippen molar-refractivity contribution in [3.63, 3.8) is 0 Å². The topological polar surface area (TPSA) is 48.1 Å². The largest absolute Gasteiger partial charge is 0.493 e. The Bertz CT molecular complexity index is 597. The average Bonchev–Trinajstić information content (AvgIpc) is 2.47. The lowest BCUT2D eigenvalue weighted by Crippen LogP contribution is -2.20. The first-order valence-corrected chi connectivity index (χ1v) is 7.13. The Kier molecular flexibility index (Phi) is 3.70. The number of nitrogens with zero attached hydrogens (tertiary/aromatic N) is 1. The maximum absolute atomic E-state index is 6.37. The summed E-state index contributed by atoms with van der Waals surface area (Å²) < 4.78 is 5.71. The van der Waals surface area contributed by atoms with Crippen molar-refractivity contribution in [2.24, 2.45) is 5.73 Å². The number of ether oxygens (including phenoxy) is 1. The number of aryl methyl sites for hydroxylation is 1. The van der Waals surface area contributed by atoms with Gasteiger partial charge in [0, 0.05) is 18.4 Å². The number of rotatable bonds is 3. The fourth-order valence-corrected chi connectivity index (χ4v) is 2.88. The van der Waals surface area contributed by atoms with E-state index < -0.39 is 0 Å². The van der Waals surface area contributed by atoms with Crippen molar-refractivity contribution < 1.29 is 4.74 Å².